The van der Waals surface area contributed by atoms with Gasteiger partial charge in [-0.15, -0.1) is 5.10 Å². The number of carbonyl (C=O) groups is 1. The maximum Gasteiger partial charge on any atom is 0.244 e. The van der Waals surface area contributed by atoms with E-state index in [4.69, 9.17) is 5.73 Å². The Bertz CT molecular complexity index is 319. The van der Waals surface area contributed by atoms with Crippen molar-refractivity contribution in [3.05, 3.63) is 0 Å². The third-order valence-electron chi connectivity index (χ3n) is 2.02. The second-order valence-electron chi connectivity index (χ2n) is 2.96. The summed E-state index contributed by atoms with van der Waals surface area (Å²) in [5.74, 6) is 0.587. The molecule has 0 atom stereocenters. The molecule has 7 heteroatoms. The summed E-state index contributed by atoms with van der Waals surface area (Å²) in [6.45, 7) is 5.46. The van der Waals surface area contributed by atoms with Crippen LogP contribution < -0.4 is 11.1 Å². The van der Waals surface area contributed by atoms with Gasteiger partial charge in [0.2, 0.25) is 17.8 Å². The molecule has 1 rings (SSSR count). The van der Waals surface area contributed by atoms with Gasteiger partial charge in [0, 0.05) is 13.1 Å². The van der Waals surface area contributed by atoms with Crippen LogP contribution in [0.3, 0.4) is 0 Å². The first-order chi connectivity index (χ1) is 7.17. The molecule has 0 saturated heterocycles. The molecule has 7 nitrogen and oxygen atoms in total. The molecule has 0 aliphatic rings. The number of nitrogens with zero attached hydrogens (tertiary/aromatic N) is 3. The first-order valence-electron chi connectivity index (χ1n) is 4.86. The molecule has 0 aromatic carbocycles. The Morgan fingerprint density at radius 3 is 2.67 bits per heavy atom. The minimum atomic E-state index is 0.0170. The number of amides is 1. The van der Waals surface area contributed by atoms with E-state index in [0.717, 1.165) is 0 Å². The molecule has 15 heavy (non-hydrogen) atoms. The molecule has 1 aromatic rings. The van der Waals surface area contributed by atoms with Crippen LogP contribution in [0.15, 0.2) is 0 Å². The highest BCUT2D eigenvalue weighted by atomic mass is 16.2. The third-order valence-corrected chi connectivity index (χ3v) is 2.02. The molecule has 0 spiro atoms. The monoisotopic (exact) mass is 212 g/mol. The summed E-state index contributed by atoms with van der Waals surface area (Å²) in [5.41, 5.74) is 5.33. The molecular weight excluding hydrogens is 196 g/mol. The highest BCUT2D eigenvalue weighted by molar-refractivity contribution is 5.80. The van der Waals surface area contributed by atoms with Crippen molar-refractivity contribution >= 4 is 17.8 Å². The van der Waals surface area contributed by atoms with Crippen LogP contribution in [0.2, 0.25) is 0 Å². The number of carbonyl (C=O) groups excluding carboxylic acids is 1. The van der Waals surface area contributed by atoms with Crippen molar-refractivity contribution in [3.63, 3.8) is 0 Å². The van der Waals surface area contributed by atoms with Crippen LogP contribution in [0.1, 0.15) is 13.8 Å². The second kappa shape index (κ2) is 5.18. The van der Waals surface area contributed by atoms with Gasteiger partial charge in [-0.05, 0) is 13.8 Å². The maximum absolute atomic E-state index is 11.6. The summed E-state index contributed by atoms with van der Waals surface area (Å²) in [4.78, 5) is 17.1. The summed E-state index contributed by atoms with van der Waals surface area (Å²) in [6, 6.07) is 0. The molecule has 0 aliphatic carbocycles. The number of hydrogen-bond acceptors (Lipinski definition) is 5. The fraction of sp³-hybridized carbons (Fsp3) is 0.625. The van der Waals surface area contributed by atoms with Crippen LogP contribution in [0, 0.1) is 0 Å². The molecule has 0 radical (unpaired) electrons. The fourth-order valence-electron chi connectivity index (χ4n) is 1.20. The quantitative estimate of drug-likeness (QED) is 0.620. The molecule has 1 heterocycles. The first-order valence-corrected chi connectivity index (χ1v) is 4.86. The molecular formula is C8H16N6O. The van der Waals surface area contributed by atoms with E-state index in [-0.39, 0.29) is 18.4 Å². The van der Waals surface area contributed by atoms with E-state index in [9.17, 15) is 4.79 Å². The van der Waals surface area contributed by atoms with E-state index in [2.05, 4.69) is 20.5 Å². The lowest BCUT2D eigenvalue weighted by Gasteiger charge is -2.18. The molecule has 1 aromatic heterocycles. The van der Waals surface area contributed by atoms with E-state index >= 15 is 0 Å². The minimum Gasteiger partial charge on any atom is -0.368 e. The van der Waals surface area contributed by atoms with Crippen LogP contribution in [0.4, 0.5) is 11.9 Å². The first kappa shape index (κ1) is 11.3. The van der Waals surface area contributed by atoms with Crippen LogP contribution in [0.25, 0.3) is 0 Å². The van der Waals surface area contributed by atoms with Crippen molar-refractivity contribution < 1.29 is 4.79 Å². The third kappa shape index (κ3) is 3.12. The van der Waals surface area contributed by atoms with E-state index in [1.165, 1.54) is 0 Å². The highest BCUT2D eigenvalue weighted by Gasteiger charge is 2.09. The lowest BCUT2D eigenvalue weighted by atomic mass is 10.4. The molecule has 84 valence electrons. The van der Waals surface area contributed by atoms with E-state index in [0.29, 0.717) is 19.0 Å². The number of H-pyrrole nitrogens is 1. The van der Waals surface area contributed by atoms with Crippen molar-refractivity contribution in [2.75, 3.05) is 30.7 Å². The standard InChI is InChI=1S/C8H16N6O/c1-3-14(4-2)6(15)5-10-8-11-7(9)12-13-8/h3-5H2,1-2H3,(H4,9,10,11,12,13). The van der Waals surface area contributed by atoms with Gasteiger partial charge in [-0.1, -0.05) is 0 Å². The van der Waals surface area contributed by atoms with Gasteiger partial charge in [0.1, 0.15) is 0 Å². The Morgan fingerprint density at radius 1 is 1.53 bits per heavy atom. The average molecular weight is 212 g/mol. The SMILES string of the molecule is CCN(CC)C(=O)CNc1n[nH]c(N)n1. The molecule has 1 amide bonds. The Hall–Kier alpha value is -1.79. The molecule has 0 unspecified atom stereocenters. The Morgan fingerprint density at radius 2 is 2.20 bits per heavy atom. The van der Waals surface area contributed by atoms with Gasteiger partial charge in [-0.2, -0.15) is 4.98 Å². The van der Waals surface area contributed by atoms with Crippen molar-refractivity contribution in [1.29, 1.82) is 0 Å². The zero-order chi connectivity index (χ0) is 11.3. The summed E-state index contributed by atoms with van der Waals surface area (Å²) >= 11 is 0. The average Bonchev–Trinajstić information content (AvgIpc) is 2.63. The number of nitrogen functional groups attached to an aromatic ring is 1. The Balaban J connectivity index is 2.40. The molecule has 0 aliphatic heterocycles. The van der Waals surface area contributed by atoms with Gasteiger partial charge >= 0.3 is 0 Å². The smallest absolute Gasteiger partial charge is 0.244 e. The Labute approximate surface area is 88.0 Å². The number of anilines is 2. The van der Waals surface area contributed by atoms with Crippen molar-refractivity contribution in [2.45, 2.75) is 13.8 Å². The van der Waals surface area contributed by atoms with Gasteiger partial charge in [0.25, 0.3) is 0 Å². The molecule has 0 fully saturated rings. The van der Waals surface area contributed by atoms with Crippen LogP contribution in [0.5, 0.6) is 0 Å². The summed E-state index contributed by atoms with van der Waals surface area (Å²) < 4.78 is 0. The van der Waals surface area contributed by atoms with Crippen molar-refractivity contribution in [3.8, 4) is 0 Å². The van der Waals surface area contributed by atoms with Gasteiger partial charge in [-0.3, -0.25) is 4.79 Å². The van der Waals surface area contributed by atoms with E-state index in [1.807, 2.05) is 13.8 Å². The van der Waals surface area contributed by atoms with Gasteiger partial charge in [-0.25, -0.2) is 5.10 Å². The molecule has 0 saturated carbocycles. The van der Waals surface area contributed by atoms with Crippen molar-refractivity contribution in [1.82, 2.24) is 20.1 Å². The summed E-state index contributed by atoms with van der Waals surface area (Å²) in [6.07, 6.45) is 0. The number of rotatable bonds is 5. The number of nitrogens with one attached hydrogen (secondary N) is 2. The lowest BCUT2D eigenvalue weighted by Crippen LogP contribution is -2.35. The number of aromatic amines is 1. The maximum atomic E-state index is 11.6. The van der Waals surface area contributed by atoms with E-state index in [1.54, 1.807) is 4.90 Å². The number of hydrogen-bond donors (Lipinski definition) is 3. The second-order valence-corrected chi connectivity index (χ2v) is 2.96. The number of nitrogens with two attached hydrogens (primary N) is 1. The predicted octanol–water partition coefficient (Wildman–Crippen LogP) is -0.333. The van der Waals surface area contributed by atoms with Gasteiger partial charge < -0.3 is 16.0 Å². The molecule has 4 N–H and O–H groups in total. The van der Waals surface area contributed by atoms with Crippen LogP contribution >= 0.6 is 0 Å². The number of aromatic nitrogens is 3. The van der Waals surface area contributed by atoms with Crippen molar-refractivity contribution in [2.24, 2.45) is 0 Å². The fourth-order valence-corrected chi connectivity index (χ4v) is 1.20. The van der Waals surface area contributed by atoms with E-state index < -0.39 is 0 Å². The topological polar surface area (TPSA) is 99.9 Å². The zero-order valence-electron chi connectivity index (χ0n) is 8.95. The molecule has 0 bridgehead atoms. The highest BCUT2D eigenvalue weighted by Crippen LogP contribution is 1.98. The van der Waals surface area contributed by atoms with Crippen LogP contribution in [-0.2, 0) is 4.79 Å². The summed E-state index contributed by atoms with van der Waals surface area (Å²) in [5, 5.41) is 9.02. The predicted molar refractivity (Wildman–Crippen MR) is 57.2 cm³/mol. The summed E-state index contributed by atoms with van der Waals surface area (Å²) in [7, 11) is 0. The zero-order valence-corrected chi connectivity index (χ0v) is 8.95. The largest absolute Gasteiger partial charge is 0.368 e. The van der Waals surface area contributed by atoms with Gasteiger partial charge in [0.05, 0.1) is 6.54 Å². The Kier molecular flexibility index (Phi) is 3.90. The number of likely N-dealkylation sites (N-methyl/N-ethyl adjacent to an activating group) is 1. The minimum absolute atomic E-state index is 0.0170. The van der Waals surface area contributed by atoms with Crippen LogP contribution in [-0.4, -0.2) is 45.6 Å². The lowest BCUT2D eigenvalue weighted by molar-refractivity contribution is -0.128. The van der Waals surface area contributed by atoms with Gasteiger partial charge in [0.15, 0.2) is 0 Å². The normalized spacial score (nSPS) is 10.0.